The molecule has 1 saturated carbocycles. The monoisotopic (exact) mass is 219 g/mol. The van der Waals surface area contributed by atoms with E-state index in [1.807, 2.05) is 13.2 Å². The molecule has 2 rings (SSSR count). The molecule has 3 nitrogen and oxygen atoms in total. The molecule has 1 aromatic rings. The van der Waals surface area contributed by atoms with Gasteiger partial charge >= 0.3 is 0 Å². The normalized spacial score (nSPS) is 16.2. The quantitative estimate of drug-likeness (QED) is 0.824. The standard InChI is InChI=1S/C13H21N3/c1-14-13-8-12(6-7-15-13)10-16(2)9-11-4-3-5-11/h6-8,11H,3-5,9-10H2,1-2H3,(H,14,15). The minimum atomic E-state index is 0.940. The van der Waals surface area contributed by atoms with Crippen molar-refractivity contribution in [1.29, 1.82) is 0 Å². The third kappa shape index (κ3) is 2.95. The maximum Gasteiger partial charge on any atom is 0.125 e. The van der Waals surface area contributed by atoms with Crippen molar-refractivity contribution in [1.82, 2.24) is 9.88 Å². The highest BCUT2D eigenvalue weighted by molar-refractivity contribution is 5.36. The van der Waals surface area contributed by atoms with E-state index in [4.69, 9.17) is 0 Å². The number of anilines is 1. The lowest BCUT2D eigenvalue weighted by molar-refractivity contribution is 0.200. The maximum absolute atomic E-state index is 4.22. The SMILES string of the molecule is CNc1cc(CN(C)CC2CCC2)ccn1. The van der Waals surface area contributed by atoms with Gasteiger partial charge in [-0.1, -0.05) is 6.42 Å². The van der Waals surface area contributed by atoms with E-state index in [0.29, 0.717) is 0 Å². The third-order valence-corrected chi connectivity index (χ3v) is 3.33. The first-order chi connectivity index (χ1) is 7.78. The maximum atomic E-state index is 4.22. The molecule has 0 aromatic carbocycles. The molecule has 1 fully saturated rings. The van der Waals surface area contributed by atoms with Crippen LogP contribution >= 0.6 is 0 Å². The Balaban J connectivity index is 1.86. The Morgan fingerprint density at radius 1 is 1.50 bits per heavy atom. The van der Waals surface area contributed by atoms with E-state index in [1.165, 1.54) is 31.4 Å². The Labute approximate surface area is 97.9 Å². The lowest BCUT2D eigenvalue weighted by Gasteiger charge is -2.30. The van der Waals surface area contributed by atoms with Crippen LogP contribution in [0.4, 0.5) is 5.82 Å². The number of aromatic nitrogens is 1. The fourth-order valence-corrected chi connectivity index (χ4v) is 2.20. The first-order valence-corrected chi connectivity index (χ1v) is 6.09. The van der Waals surface area contributed by atoms with Crippen molar-refractivity contribution in [3.8, 4) is 0 Å². The van der Waals surface area contributed by atoms with Crippen LogP contribution in [0.3, 0.4) is 0 Å². The number of nitrogens with zero attached hydrogens (tertiary/aromatic N) is 2. The zero-order valence-electron chi connectivity index (χ0n) is 10.2. The molecule has 0 saturated heterocycles. The van der Waals surface area contributed by atoms with Crippen molar-refractivity contribution < 1.29 is 0 Å². The number of hydrogen-bond acceptors (Lipinski definition) is 3. The molecule has 0 atom stereocenters. The van der Waals surface area contributed by atoms with E-state index in [0.717, 1.165) is 18.3 Å². The van der Waals surface area contributed by atoms with Gasteiger partial charge in [-0.05, 0) is 43.5 Å². The average molecular weight is 219 g/mol. The van der Waals surface area contributed by atoms with E-state index in [-0.39, 0.29) is 0 Å². The summed E-state index contributed by atoms with van der Waals surface area (Å²) in [5.41, 5.74) is 1.33. The number of hydrogen-bond donors (Lipinski definition) is 1. The lowest BCUT2D eigenvalue weighted by Crippen LogP contribution is -2.29. The van der Waals surface area contributed by atoms with Gasteiger partial charge in [-0.3, -0.25) is 0 Å². The summed E-state index contributed by atoms with van der Waals surface area (Å²) < 4.78 is 0. The summed E-state index contributed by atoms with van der Waals surface area (Å²) in [4.78, 5) is 6.64. The van der Waals surface area contributed by atoms with Crippen LogP contribution in [0, 0.1) is 5.92 Å². The molecule has 88 valence electrons. The van der Waals surface area contributed by atoms with Crippen LogP contribution in [-0.2, 0) is 6.54 Å². The van der Waals surface area contributed by atoms with Crippen molar-refractivity contribution in [2.45, 2.75) is 25.8 Å². The van der Waals surface area contributed by atoms with Crippen molar-refractivity contribution >= 4 is 5.82 Å². The predicted molar refractivity (Wildman–Crippen MR) is 67.5 cm³/mol. The second-order valence-corrected chi connectivity index (χ2v) is 4.79. The summed E-state index contributed by atoms with van der Waals surface area (Å²) in [6, 6.07) is 4.22. The highest BCUT2D eigenvalue weighted by Gasteiger charge is 2.18. The smallest absolute Gasteiger partial charge is 0.125 e. The molecular formula is C13H21N3. The van der Waals surface area contributed by atoms with E-state index in [2.05, 4.69) is 34.4 Å². The minimum Gasteiger partial charge on any atom is -0.373 e. The first-order valence-electron chi connectivity index (χ1n) is 6.09. The van der Waals surface area contributed by atoms with Gasteiger partial charge < -0.3 is 10.2 Å². The third-order valence-electron chi connectivity index (χ3n) is 3.33. The molecule has 1 heterocycles. The summed E-state index contributed by atoms with van der Waals surface area (Å²) in [5, 5.41) is 3.07. The fraction of sp³-hybridized carbons (Fsp3) is 0.615. The van der Waals surface area contributed by atoms with E-state index in [9.17, 15) is 0 Å². The van der Waals surface area contributed by atoms with Crippen LogP contribution in [0.5, 0.6) is 0 Å². The molecule has 1 aromatic heterocycles. The van der Waals surface area contributed by atoms with Gasteiger partial charge in [-0.15, -0.1) is 0 Å². The molecule has 0 spiro atoms. The largest absolute Gasteiger partial charge is 0.373 e. The van der Waals surface area contributed by atoms with Gasteiger partial charge in [0.05, 0.1) is 0 Å². The van der Waals surface area contributed by atoms with Gasteiger partial charge in [-0.25, -0.2) is 4.98 Å². The molecule has 3 heteroatoms. The van der Waals surface area contributed by atoms with Crippen molar-refractivity contribution in [2.75, 3.05) is 26.0 Å². The Hall–Kier alpha value is -1.09. The molecule has 1 N–H and O–H groups in total. The van der Waals surface area contributed by atoms with Crippen LogP contribution in [0.15, 0.2) is 18.3 Å². The Morgan fingerprint density at radius 2 is 2.31 bits per heavy atom. The topological polar surface area (TPSA) is 28.2 Å². The van der Waals surface area contributed by atoms with Crippen LogP contribution in [-0.4, -0.2) is 30.5 Å². The molecule has 0 radical (unpaired) electrons. The molecule has 0 aliphatic heterocycles. The molecule has 1 aliphatic carbocycles. The first kappa shape index (κ1) is 11.4. The van der Waals surface area contributed by atoms with Crippen molar-refractivity contribution in [3.05, 3.63) is 23.9 Å². The van der Waals surface area contributed by atoms with Gasteiger partial charge in [0.1, 0.15) is 5.82 Å². The second kappa shape index (κ2) is 5.30. The van der Waals surface area contributed by atoms with Gasteiger partial charge in [0.2, 0.25) is 0 Å². The van der Waals surface area contributed by atoms with Gasteiger partial charge in [0.15, 0.2) is 0 Å². The highest BCUT2D eigenvalue weighted by atomic mass is 15.1. The summed E-state index contributed by atoms with van der Waals surface area (Å²) in [6.07, 6.45) is 6.14. The molecule has 1 aliphatic rings. The zero-order chi connectivity index (χ0) is 11.4. The molecule has 0 amide bonds. The molecule has 0 unspecified atom stereocenters. The number of rotatable bonds is 5. The summed E-state index contributed by atoms with van der Waals surface area (Å²) in [5.74, 6) is 1.89. The van der Waals surface area contributed by atoms with Gasteiger partial charge in [0.25, 0.3) is 0 Å². The fourth-order valence-electron chi connectivity index (χ4n) is 2.20. The zero-order valence-corrected chi connectivity index (χ0v) is 10.2. The molecule has 0 bridgehead atoms. The number of nitrogens with one attached hydrogen (secondary N) is 1. The minimum absolute atomic E-state index is 0.940. The number of pyridine rings is 1. The van der Waals surface area contributed by atoms with E-state index >= 15 is 0 Å². The highest BCUT2D eigenvalue weighted by Crippen LogP contribution is 2.27. The second-order valence-electron chi connectivity index (χ2n) is 4.79. The molecular weight excluding hydrogens is 198 g/mol. The summed E-state index contributed by atoms with van der Waals surface area (Å²) in [6.45, 7) is 2.25. The van der Waals surface area contributed by atoms with Crippen molar-refractivity contribution in [3.63, 3.8) is 0 Å². The van der Waals surface area contributed by atoms with Crippen LogP contribution < -0.4 is 5.32 Å². The Bertz CT molecular complexity index is 334. The van der Waals surface area contributed by atoms with E-state index in [1.54, 1.807) is 0 Å². The Kier molecular flexibility index (Phi) is 3.78. The summed E-state index contributed by atoms with van der Waals surface area (Å²) in [7, 11) is 4.11. The van der Waals surface area contributed by atoms with Gasteiger partial charge in [0, 0.05) is 26.3 Å². The van der Waals surface area contributed by atoms with Gasteiger partial charge in [-0.2, -0.15) is 0 Å². The average Bonchev–Trinajstić information content (AvgIpc) is 2.24. The van der Waals surface area contributed by atoms with Crippen LogP contribution in [0.25, 0.3) is 0 Å². The van der Waals surface area contributed by atoms with Crippen LogP contribution in [0.1, 0.15) is 24.8 Å². The van der Waals surface area contributed by atoms with Crippen LogP contribution in [0.2, 0.25) is 0 Å². The Morgan fingerprint density at radius 3 is 2.94 bits per heavy atom. The van der Waals surface area contributed by atoms with E-state index < -0.39 is 0 Å². The lowest BCUT2D eigenvalue weighted by atomic mass is 9.85. The van der Waals surface area contributed by atoms with Crippen molar-refractivity contribution in [2.24, 2.45) is 5.92 Å². The summed E-state index contributed by atoms with van der Waals surface area (Å²) >= 11 is 0. The molecule has 16 heavy (non-hydrogen) atoms. The predicted octanol–water partition coefficient (Wildman–Crippen LogP) is 2.36.